The van der Waals surface area contributed by atoms with Crippen LogP contribution in [0.5, 0.6) is 0 Å². The molecule has 0 aliphatic rings. The highest BCUT2D eigenvalue weighted by Gasteiger charge is 2.32. The van der Waals surface area contributed by atoms with Gasteiger partial charge in [-0.15, -0.1) is 0 Å². The molecule has 0 aliphatic heterocycles. The summed E-state index contributed by atoms with van der Waals surface area (Å²) in [4.78, 5) is 3.92. The molecule has 0 aliphatic carbocycles. The zero-order valence-electron chi connectivity index (χ0n) is 23.0. The van der Waals surface area contributed by atoms with Gasteiger partial charge in [0, 0.05) is 6.20 Å². The largest absolute Gasteiger partial charge is 0.291 e. The third kappa shape index (κ3) is 5.43. The van der Waals surface area contributed by atoms with Gasteiger partial charge in [0.2, 0.25) is 0 Å². The molecule has 1 aromatic carbocycles. The van der Waals surface area contributed by atoms with Crippen molar-refractivity contribution in [1.29, 1.82) is 0 Å². The molecule has 0 fully saturated rings. The Kier molecular flexibility index (Phi) is 9.19. The maximum atomic E-state index is 14.6. The molecule has 0 saturated heterocycles. The first-order valence-electron chi connectivity index (χ1n) is 13.2. The van der Waals surface area contributed by atoms with Gasteiger partial charge in [-0.25, -0.2) is 22.7 Å². The van der Waals surface area contributed by atoms with Gasteiger partial charge in [0.15, 0.2) is 5.82 Å². The second-order valence-electron chi connectivity index (χ2n) is 9.42. The monoisotopic (exact) mass is 491 g/mol. The zero-order chi connectivity index (χ0) is 26.3. The normalized spacial score (nSPS) is 12.7. The van der Waals surface area contributed by atoms with E-state index in [0.29, 0.717) is 5.56 Å². The predicted molar refractivity (Wildman–Crippen MR) is 144 cm³/mol. The van der Waals surface area contributed by atoms with E-state index in [0.717, 1.165) is 38.2 Å². The fourth-order valence-electron chi connectivity index (χ4n) is 4.97. The van der Waals surface area contributed by atoms with Crippen LogP contribution >= 0.6 is 0 Å². The second kappa shape index (κ2) is 12.1. The highest BCUT2D eigenvalue weighted by atomic mass is 19.1. The van der Waals surface area contributed by atoms with Crippen LogP contribution in [-0.2, 0) is 32.6 Å². The molecule has 6 heteroatoms. The number of imidazole rings is 2. The van der Waals surface area contributed by atoms with E-state index in [1.54, 1.807) is 12.3 Å². The van der Waals surface area contributed by atoms with Crippen LogP contribution in [0.4, 0.5) is 4.39 Å². The minimum Gasteiger partial charge on any atom is -0.262 e. The average Bonchev–Trinajstić information content (AvgIpc) is 3.46. The van der Waals surface area contributed by atoms with Crippen LogP contribution in [0.3, 0.4) is 0 Å². The number of aromatic nitrogens is 5. The highest BCUT2D eigenvalue weighted by Crippen LogP contribution is 2.38. The van der Waals surface area contributed by atoms with Gasteiger partial charge in [-0.1, -0.05) is 52.8 Å². The molecule has 0 radical (unpaired) electrons. The molecule has 4 aromatic rings. The molecule has 3 aromatic heterocycles. The van der Waals surface area contributed by atoms with Crippen LogP contribution in [0.1, 0.15) is 59.4 Å². The van der Waals surface area contributed by atoms with E-state index in [2.05, 4.69) is 83.2 Å². The summed E-state index contributed by atoms with van der Waals surface area (Å²) < 4.78 is 23.3. The van der Waals surface area contributed by atoms with E-state index in [1.807, 2.05) is 37.9 Å². The molecule has 1 atom stereocenters. The summed E-state index contributed by atoms with van der Waals surface area (Å²) in [6, 6.07) is 10.6. The van der Waals surface area contributed by atoms with E-state index in [-0.39, 0.29) is 11.2 Å². The third-order valence-electron chi connectivity index (χ3n) is 7.13. The second-order valence-corrected chi connectivity index (χ2v) is 9.42. The number of benzene rings is 1. The summed E-state index contributed by atoms with van der Waals surface area (Å²) in [5, 5.41) is 0. The first kappa shape index (κ1) is 27.3. The van der Waals surface area contributed by atoms with Crippen molar-refractivity contribution in [2.24, 2.45) is 14.1 Å². The van der Waals surface area contributed by atoms with Crippen LogP contribution in [0.2, 0.25) is 0 Å². The average molecular weight is 492 g/mol. The van der Waals surface area contributed by atoms with Gasteiger partial charge in [0.05, 0.1) is 38.9 Å². The number of hydrogen-bond acceptors (Lipinski definition) is 1. The van der Waals surface area contributed by atoms with Crippen LogP contribution in [0, 0.1) is 5.82 Å². The van der Waals surface area contributed by atoms with Crippen molar-refractivity contribution in [2.75, 3.05) is 0 Å². The quantitative estimate of drug-likeness (QED) is 0.264. The minimum absolute atomic E-state index is 0.0399. The van der Waals surface area contributed by atoms with E-state index < -0.39 is 0 Å². The molecule has 0 spiro atoms. The van der Waals surface area contributed by atoms with E-state index in [4.69, 9.17) is 0 Å². The maximum Gasteiger partial charge on any atom is 0.291 e. The summed E-state index contributed by atoms with van der Waals surface area (Å²) in [7, 11) is 4.08. The van der Waals surface area contributed by atoms with Crippen molar-refractivity contribution in [2.45, 2.75) is 72.4 Å². The van der Waals surface area contributed by atoms with Gasteiger partial charge in [-0.05, 0) is 42.4 Å². The van der Waals surface area contributed by atoms with Crippen molar-refractivity contribution in [3.05, 3.63) is 78.9 Å². The third-order valence-corrected chi connectivity index (χ3v) is 7.13. The van der Waals surface area contributed by atoms with Crippen molar-refractivity contribution >= 4 is 0 Å². The van der Waals surface area contributed by atoms with Gasteiger partial charge < -0.3 is 0 Å². The summed E-state index contributed by atoms with van der Waals surface area (Å²) >= 11 is 0. The lowest BCUT2D eigenvalue weighted by atomic mass is 9.75. The number of rotatable bonds is 9. The van der Waals surface area contributed by atoms with Gasteiger partial charge in [-0.3, -0.25) is 4.98 Å². The number of hydrogen-bond donors (Lipinski definition) is 0. The highest BCUT2D eigenvalue weighted by molar-refractivity contribution is 5.61. The Bertz CT molecular complexity index is 1270. The van der Waals surface area contributed by atoms with Gasteiger partial charge in [0.25, 0.3) is 11.6 Å². The summed E-state index contributed by atoms with van der Waals surface area (Å²) in [5.41, 5.74) is 3.18. The Balaban J connectivity index is 0.00000176. The molecule has 0 N–H and O–H groups in total. The summed E-state index contributed by atoms with van der Waals surface area (Å²) in [5.74, 6) is 1.80. The number of halogens is 1. The van der Waals surface area contributed by atoms with Crippen molar-refractivity contribution in [1.82, 2.24) is 14.1 Å². The van der Waals surface area contributed by atoms with Crippen LogP contribution < -0.4 is 9.13 Å². The van der Waals surface area contributed by atoms with E-state index >= 15 is 0 Å². The van der Waals surface area contributed by atoms with Crippen LogP contribution in [0.15, 0.2) is 67.5 Å². The van der Waals surface area contributed by atoms with Gasteiger partial charge in [-0.2, -0.15) is 0 Å². The zero-order valence-corrected chi connectivity index (χ0v) is 23.0. The van der Waals surface area contributed by atoms with Gasteiger partial charge >= 0.3 is 0 Å². The Hall–Kier alpha value is -3.28. The minimum atomic E-state index is -0.300. The standard InChI is InChI=1S/C28H36FN5.C2H6/c1-6-15-33-19-17-31(4)26(33)22-10-8-9-11-24(22)28(3,7-2)13-16-34-20-18-32(5)27(34)23-12-14-30-21-25(23)29;1-2/h8-12,14,17-21H,6-7,13,15-16H2,1-5H3;1-2H3/q+2;. The first-order valence-corrected chi connectivity index (χ1v) is 13.2. The molecule has 0 amide bonds. The Labute approximate surface area is 215 Å². The molecule has 4 rings (SSSR count). The maximum absolute atomic E-state index is 14.6. The van der Waals surface area contributed by atoms with Crippen LogP contribution in [-0.4, -0.2) is 14.1 Å². The fraction of sp³-hybridized carbons (Fsp3) is 0.433. The molecule has 0 saturated carbocycles. The molecule has 1 unspecified atom stereocenters. The van der Waals surface area contributed by atoms with Gasteiger partial charge in [0.1, 0.15) is 30.4 Å². The molecule has 36 heavy (non-hydrogen) atoms. The van der Waals surface area contributed by atoms with Crippen molar-refractivity contribution < 1.29 is 13.5 Å². The van der Waals surface area contributed by atoms with Crippen LogP contribution in [0.25, 0.3) is 22.8 Å². The Morgan fingerprint density at radius 3 is 2.11 bits per heavy atom. The Morgan fingerprint density at radius 2 is 1.50 bits per heavy atom. The molecular weight excluding hydrogens is 449 g/mol. The lowest BCUT2D eigenvalue weighted by Gasteiger charge is -2.30. The summed E-state index contributed by atoms with van der Waals surface area (Å²) in [6.07, 6.45) is 14.3. The van der Waals surface area contributed by atoms with Crippen molar-refractivity contribution in [3.8, 4) is 22.8 Å². The van der Waals surface area contributed by atoms with E-state index in [9.17, 15) is 4.39 Å². The molecule has 5 nitrogen and oxygen atoms in total. The van der Waals surface area contributed by atoms with E-state index in [1.165, 1.54) is 23.1 Å². The SMILES string of the molecule is CC.CCCn1cc[n+](C)c1-c1ccccc1C(C)(CC)CCn1cc[n+](C)c1-c1ccncc1F. The lowest BCUT2D eigenvalue weighted by molar-refractivity contribution is -0.659. The fourth-order valence-corrected chi connectivity index (χ4v) is 4.97. The smallest absolute Gasteiger partial charge is 0.262 e. The molecule has 192 valence electrons. The lowest BCUT2D eigenvalue weighted by Crippen LogP contribution is -2.32. The number of pyridine rings is 1. The molecular formula is C30H42FN5+2. The number of aryl methyl sites for hydroxylation is 4. The topological polar surface area (TPSA) is 30.5 Å². The first-order chi connectivity index (χ1) is 17.4. The molecule has 0 bridgehead atoms. The summed E-state index contributed by atoms with van der Waals surface area (Å²) in [6.45, 7) is 12.6. The Morgan fingerprint density at radius 1 is 0.889 bits per heavy atom. The van der Waals surface area contributed by atoms with Crippen molar-refractivity contribution in [3.63, 3.8) is 0 Å². The molecule has 3 heterocycles. The number of nitrogens with zero attached hydrogens (tertiary/aromatic N) is 5. The predicted octanol–water partition coefficient (Wildman–Crippen LogP) is 6.00.